The van der Waals surface area contributed by atoms with Crippen LogP contribution in [0.15, 0.2) is 24.3 Å². The van der Waals surface area contributed by atoms with Crippen molar-refractivity contribution in [1.82, 2.24) is 0 Å². The van der Waals surface area contributed by atoms with Gasteiger partial charge in [-0.15, -0.1) is 0 Å². The maximum absolute atomic E-state index is 10.5. The molecular weight excluding hydrogens is 184 g/mol. The Kier molecular flexibility index (Phi) is 3.01. The number of carbonyl (C=O) groups is 2. The Hall–Kier alpha value is -2.10. The van der Waals surface area contributed by atoms with E-state index in [2.05, 4.69) is 0 Å². The molecule has 0 amide bonds. The first-order chi connectivity index (χ1) is 6.63. The molecule has 0 aliphatic rings. The van der Waals surface area contributed by atoms with Crippen molar-refractivity contribution in [2.45, 2.75) is 0 Å². The van der Waals surface area contributed by atoms with E-state index in [1.165, 1.54) is 24.3 Å². The molecule has 1 aromatic rings. The Bertz CT molecular complexity index is 393. The van der Waals surface area contributed by atoms with Gasteiger partial charge in [-0.25, -0.2) is 4.79 Å². The Morgan fingerprint density at radius 1 is 1.29 bits per heavy atom. The average molecular weight is 192 g/mol. The fourth-order valence-electron chi connectivity index (χ4n) is 0.977. The van der Waals surface area contributed by atoms with Crippen molar-refractivity contribution in [1.29, 1.82) is 0 Å². The summed E-state index contributed by atoms with van der Waals surface area (Å²) in [4.78, 5) is 20.7. The standard InChI is InChI=1S/C10H8O4/c11-6-8-5-9(12)3-1-7(8)2-4-10(13)14/h1-6,12H,(H,13,14). The molecule has 2 N–H and O–H groups in total. The minimum atomic E-state index is -1.09. The molecular formula is C10H8O4. The summed E-state index contributed by atoms with van der Waals surface area (Å²) < 4.78 is 0. The molecule has 4 nitrogen and oxygen atoms in total. The van der Waals surface area contributed by atoms with E-state index < -0.39 is 5.97 Å². The Morgan fingerprint density at radius 3 is 2.57 bits per heavy atom. The summed E-state index contributed by atoms with van der Waals surface area (Å²) in [6.07, 6.45) is 2.78. The lowest BCUT2D eigenvalue weighted by Gasteiger charge is -1.98. The van der Waals surface area contributed by atoms with Gasteiger partial charge < -0.3 is 10.2 Å². The van der Waals surface area contributed by atoms with Crippen molar-refractivity contribution in [3.8, 4) is 5.75 Å². The predicted octanol–water partition coefficient (Wildman–Crippen LogP) is 1.30. The highest BCUT2D eigenvalue weighted by Crippen LogP contribution is 2.16. The maximum atomic E-state index is 10.5. The number of phenolic OH excluding ortho intramolecular Hbond substituents is 1. The number of carboxylic acid groups (broad SMARTS) is 1. The zero-order valence-electron chi connectivity index (χ0n) is 7.18. The topological polar surface area (TPSA) is 74.6 Å². The van der Waals surface area contributed by atoms with E-state index in [9.17, 15) is 9.59 Å². The second-order valence-corrected chi connectivity index (χ2v) is 2.60. The van der Waals surface area contributed by atoms with Crippen LogP contribution >= 0.6 is 0 Å². The molecule has 1 rings (SSSR count). The summed E-state index contributed by atoms with van der Waals surface area (Å²) >= 11 is 0. The van der Waals surface area contributed by atoms with Gasteiger partial charge >= 0.3 is 5.97 Å². The highest BCUT2D eigenvalue weighted by Gasteiger charge is 1.99. The Morgan fingerprint density at radius 2 is 2.00 bits per heavy atom. The van der Waals surface area contributed by atoms with Gasteiger partial charge in [-0.2, -0.15) is 0 Å². The van der Waals surface area contributed by atoms with Gasteiger partial charge in [0.25, 0.3) is 0 Å². The van der Waals surface area contributed by atoms with Crippen LogP contribution in [0.25, 0.3) is 6.08 Å². The van der Waals surface area contributed by atoms with Gasteiger partial charge in [-0.1, -0.05) is 6.07 Å². The number of aliphatic carboxylic acids is 1. The zero-order valence-corrected chi connectivity index (χ0v) is 7.18. The first kappa shape index (κ1) is 9.98. The first-order valence-electron chi connectivity index (χ1n) is 3.82. The van der Waals surface area contributed by atoms with Gasteiger partial charge in [0.15, 0.2) is 6.29 Å². The lowest BCUT2D eigenvalue weighted by molar-refractivity contribution is -0.131. The smallest absolute Gasteiger partial charge is 0.328 e. The minimum Gasteiger partial charge on any atom is -0.508 e. The van der Waals surface area contributed by atoms with Crippen molar-refractivity contribution in [3.63, 3.8) is 0 Å². The third-order valence-corrected chi connectivity index (χ3v) is 1.60. The van der Waals surface area contributed by atoms with Crippen LogP contribution in [0.2, 0.25) is 0 Å². The predicted molar refractivity (Wildman–Crippen MR) is 50.2 cm³/mol. The summed E-state index contributed by atoms with van der Waals surface area (Å²) in [6.45, 7) is 0. The molecule has 1 aromatic carbocycles. The molecule has 0 heterocycles. The molecule has 0 fully saturated rings. The fraction of sp³-hybridized carbons (Fsp3) is 0. The number of phenols is 1. The molecule has 0 atom stereocenters. The number of hydrogen-bond donors (Lipinski definition) is 2. The number of aldehydes is 1. The second-order valence-electron chi connectivity index (χ2n) is 2.60. The summed E-state index contributed by atoms with van der Waals surface area (Å²) in [7, 11) is 0. The van der Waals surface area contributed by atoms with Crippen LogP contribution in [0.3, 0.4) is 0 Å². The Balaban J connectivity index is 3.08. The van der Waals surface area contributed by atoms with E-state index in [0.717, 1.165) is 6.08 Å². The average Bonchev–Trinajstić information content (AvgIpc) is 2.15. The van der Waals surface area contributed by atoms with Crippen LogP contribution in [0.5, 0.6) is 5.75 Å². The van der Waals surface area contributed by atoms with Crippen molar-refractivity contribution >= 4 is 18.3 Å². The minimum absolute atomic E-state index is 0.0282. The van der Waals surface area contributed by atoms with Gasteiger partial charge in [0.2, 0.25) is 0 Å². The van der Waals surface area contributed by atoms with Gasteiger partial charge in [0.05, 0.1) is 0 Å². The molecule has 0 saturated heterocycles. The molecule has 0 unspecified atom stereocenters. The van der Waals surface area contributed by atoms with Crippen LogP contribution < -0.4 is 0 Å². The monoisotopic (exact) mass is 192 g/mol. The molecule has 0 aromatic heterocycles. The number of carboxylic acids is 1. The summed E-state index contributed by atoms with van der Waals surface area (Å²) in [6, 6.07) is 4.13. The van der Waals surface area contributed by atoms with E-state index in [1.807, 2.05) is 0 Å². The van der Waals surface area contributed by atoms with Crippen molar-refractivity contribution in [2.24, 2.45) is 0 Å². The molecule has 4 heteroatoms. The van der Waals surface area contributed by atoms with Crippen LogP contribution in [0, 0.1) is 0 Å². The zero-order chi connectivity index (χ0) is 10.6. The van der Waals surface area contributed by atoms with E-state index in [4.69, 9.17) is 10.2 Å². The quantitative estimate of drug-likeness (QED) is 0.559. The first-order valence-corrected chi connectivity index (χ1v) is 3.82. The molecule has 0 bridgehead atoms. The van der Waals surface area contributed by atoms with Gasteiger partial charge in [0, 0.05) is 11.6 Å². The van der Waals surface area contributed by atoms with Crippen LogP contribution in [-0.2, 0) is 4.79 Å². The maximum Gasteiger partial charge on any atom is 0.328 e. The summed E-state index contributed by atoms with van der Waals surface area (Å²) in [5.74, 6) is -1.12. The van der Waals surface area contributed by atoms with Crippen LogP contribution in [0.1, 0.15) is 15.9 Å². The van der Waals surface area contributed by atoms with Crippen molar-refractivity contribution in [2.75, 3.05) is 0 Å². The van der Waals surface area contributed by atoms with E-state index in [0.29, 0.717) is 11.8 Å². The van der Waals surface area contributed by atoms with Crippen LogP contribution in [-0.4, -0.2) is 22.5 Å². The lowest BCUT2D eigenvalue weighted by Crippen LogP contribution is -1.89. The molecule has 0 spiro atoms. The van der Waals surface area contributed by atoms with Crippen LogP contribution in [0.4, 0.5) is 0 Å². The highest BCUT2D eigenvalue weighted by atomic mass is 16.4. The van der Waals surface area contributed by atoms with Gasteiger partial charge in [-0.05, 0) is 23.8 Å². The Labute approximate surface area is 80.1 Å². The lowest BCUT2D eigenvalue weighted by atomic mass is 10.1. The number of carbonyl (C=O) groups excluding carboxylic acids is 1. The fourth-order valence-corrected chi connectivity index (χ4v) is 0.977. The molecule has 72 valence electrons. The normalized spacial score (nSPS) is 10.3. The van der Waals surface area contributed by atoms with Crippen molar-refractivity contribution in [3.05, 3.63) is 35.4 Å². The molecule has 0 saturated carbocycles. The summed E-state index contributed by atoms with van der Waals surface area (Å²) in [5, 5.41) is 17.4. The SMILES string of the molecule is O=Cc1cc(O)ccc1C=CC(=O)O. The highest BCUT2D eigenvalue weighted by molar-refractivity contribution is 5.89. The van der Waals surface area contributed by atoms with Crippen molar-refractivity contribution < 1.29 is 19.8 Å². The number of aromatic hydroxyl groups is 1. The molecule has 0 aliphatic carbocycles. The van der Waals surface area contributed by atoms with Gasteiger partial charge in [-0.3, -0.25) is 4.79 Å². The largest absolute Gasteiger partial charge is 0.508 e. The third kappa shape index (κ3) is 2.45. The number of hydrogen-bond acceptors (Lipinski definition) is 3. The third-order valence-electron chi connectivity index (χ3n) is 1.60. The van der Waals surface area contributed by atoms with E-state index in [1.54, 1.807) is 0 Å². The number of benzene rings is 1. The van der Waals surface area contributed by atoms with E-state index >= 15 is 0 Å². The summed E-state index contributed by atoms with van der Waals surface area (Å²) in [5.41, 5.74) is 0.711. The second kappa shape index (κ2) is 4.23. The molecule has 0 aliphatic heterocycles. The molecule has 0 radical (unpaired) electrons. The van der Waals surface area contributed by atoms with Gasteiger partial charge in [0.1, 0.15) is 5.75 Å². The number of rotatable bonds is 3. The molecule has 14 heavy (non-hydrogen) atoms. The van der Waals surface area contributed by atoms with E-state index in [-0.39, 0.29) is 11.3 Å².